The summed E-state index contributed by atoms with van der Waals surface area (Å²) in [5.74, 6) is 0.413. The summed E-state index contributed by atoms with van der Waals surface area (Å²) in [6.45, 7) is -1.08. The average molecular weight is 365 g/mol. The van der Waals surface area contributed by atoms with Crippen molar-refractivity contribution in [1.29, 1.82) is 0 Å². The highest BCUT2D eigenvalue weighted by atomic mass is 19.3. The fourth-order valence-corrected chi connectivity index (χ4v) is 2.48. The third-order valence-corrected chi connectivity index (χ3v) is 4.13. The summed E-state index contributed by atoms with van der Waals surface area (Å²) >= 11 is 0. The largest absolute Gasteiger partial charge is 0.497 e. The molecule has 7 heteroatoms. The number of amides is 1. The van der Waals surface area contributed by atoms with Crippen LogP contribution in [0.25, 0.3) is 0 Å². The minimum atomic E-state index is -2.97. The highest BCUT2D eigenvalue weighted by Crippen LogP contribution is 2.31. The van der Waals surface area contributed by atoms with Gasteiger partial charge in [0.05, 0.1) is 20.3 Å². The first-order valence-electron chi connectivity index (χ1n) is 7.91. The number of hydrogen-bond donors (Lipinski definition) is 0. The van der Waals surface area contributed by atoms with Crippen molar-refractivity contribution in [2.75, 3.05) is 21.3 Å². The first kappa shape index (κ1) is 19.5. The average Bonchev–Trinajstić information content (AvgIpc) is 2.66. The smallest absolute Gasteiger partial charge is 0.387 e. The molecule has 2 aromatic carbocycles. The maximum Gasteiger partial charge on any atom is 0.387 e. The third-order valence-electron chi connectivity index (χ3n) is 4.13. The normalized spacial score (nSPS) is 11.8. The Bertz CT molecular complexity index is 750. The third kappa shape index (κ3) is 4.41. The molecule has 0 aliphatic carbocycles. The van der Waals surface area contributed by atoms with E-state index in [1.165, 1.54) is 25.3 Å². The molecule has 0 fully saturated rings. The topological polar surface area (TPSA) is 48.0 Å². The SMILES string of the molecule is COc1ccc(C(C)N(C)C(=O)c2ccc(OC(F)F)c(OC)c2)cc1. The van der Waals surface area contributed by atoms with E-state index in [9.17, 15) is 13.6 Å². The van der Waals surface area contributed by atoms with E-state index in [4.69, 9.17) is 9.47 Å². The quantitative estimate of drug-likeness (QED) is 0.740. The second kappa shape index (κ2) is 8.51. The Hall–Kier alpha value is -2.83. The molecule has 0 aromatic heterocycles. The van der Waals surface area contributed by atoms with Gasteiger partial charge in [-0.2, -0.15) is 8.78 Å². The number of rotatable bonds is 7. The van der Waals surface area contributed by atoms with Gasteiger partial charge < -0.3 is 19.1 Å². The molecule has 0 aliphatic heterocycles. The maximum absolute atomic E-state index is 12.7. The standard InChI is InChI=1S/C19H21F2NO4/c1-12(13-5-8-15(24-3)9-6-13)22(2)18(23)14-7-10-16(26-19(20)21)17(11-14)25-4/h5-12,19H,1-4H3. The number of ether oxygens (including phenoxy) is 3. The van der Waals surface area contributed by atoms with E-state index < -0.39 is 6.61 Å². The molecule has 1 unspecified atom stereocenters. The zero-order chi connectivity index (χ0) is 19.3. The summed E-state index contributed by atoms with van der Waals surface area (Å²) in [7, 11) is 4.59. The number of carbonyl (C=O) groups excluding carboxylic acids is 1. The number of alkyl halides is 2. The Morgan fingerprint density at radius 1 is 1.00 bits per heavy atom. The Morgan fingerprint density at radius 3 is 2.19 bits per heavy atom. The van der Waals surface area contributed by atoms with Gasteiger partial charge in [-0.05, 0) is 42.8 Å². The molecule has 0 N–H and O–H groups in total. The molecule has 140 valence electrons. The van der Waals surface area contributed by atoms with Gasteiger partial charge in [0.2, 0.25) is 0 Å². The van der Waals surface area contributed by atoms with Crippen molar-refractivity contribution in [3.8, 4) is 17.2 Å². The molecule has 0 radical (unpaired) electrons. The number of carbonyl (C=O) groups is 1. The molecule has 2 rings (SSSR count). The van der Waals surface area contributed by atoms with Gasteiger partial charge in [0.1, 0.15) is 5.75 Å². The van der Waals surface area contributed by atoms with E-state index in [0.29, 0.717) is 5.56 Å². The lowest BCUT2D eigenvalue weighted by molar-refractivity contribution is -0.0512. The molecule has 1 atom stereocenters. The number of methoxy groups -OCH3 is 2. The van der Waals surface area contributed by atoms with E-state index >= 15 is 0 Å². The van der Waals surface area contributed by atoms with Gasteiger partial charge in [-0.1, -0.05) is 12.1 Å². The van der Waals surface area contributed by atoms with Gasteiger partial charge in [-0.25, -0.2) is 0 Å². The van der Waals surface area contributed by atoms with Crippen LogP contribution in [-0.2, 0) is 0 Å². The Morgan fingerprint density at radius 2 is 1.65 bits per heavy atom. The van der Waals surface area contributed by atoms with Crippen molar-refractivity contribution in [2.24, 2.45) is 0 Å². The molecule has 0 aliphatic rings. The minimum Gasteiger partial charge on any atom is -0.497 e. The summed E-state index contributed by atoms with van der Waals surface area (Å²) < 4.78 is 39.4. The lowest BCUT2D eigenvalue weighted by Crippen LogP contribution is -2.29. The van der Waals surface area contributed by atoms with E-state index in [1.807, 2.05) is 31.2 Å². The molecule has 0 saturated heterocycles. The zero-order valence-corrected chi connectivity index (χ0v) is 15.0. The van der Waals surface area contributed by atoms with Gasteiger partial charge in [-0.15, -0.1) is 0 Å². The van der Waals surface area contributed by atoms with Crippen molar-refractivity contribution in [3.63, 3.8) is 0 Å². The minimum absolute atomic E-state index is 0.0710. The first-order chi connectivity index (χ1) is 12.4. The van der Waals surface area contributed by atoms with Crippen LogP contribution >= 0.6 is 0 Å². The van der Waals surface area contributed by atoms with Crippen LogP contribution in [0.2, 0.25) is 0 Å². The molecular formula is C19H21F2NO4. The van der Waals surface area contributed by atoms with Crippen LogP contribution < -0.4 is 14.2 Å². The summed E-state index contributed by atoms with van der Waals surface area (Å²) in [5.41, 5.74) is 1.25. The van der Waals surface area contributed by atoms with Crippen molar-refractivity contribution in [2.45, 2.75) is 19.6 Å². The van der Waals surface area contributed by atoms with Crippen LogP contribution in [0.3, 0.4) is 0 Å². The first-order valence-corrected chi connectivity index (χ1v) is 7.91. The van der Waals surface area contributed by atoms with Gasteiger partial charge >= 0.3 is 6.61 Å². The van der Waals surface area contributed by atoms with Crippen molar-refractivity contribution in [3.05, 3.63) is 53.6 Å². The summed E-state index contributed by atoms with van der Waals surface area (Å²) in [5, 5.41) is 0. The van der Waals surface area contributed by atoms with Gasteiger partial charge in [0, 0.05) is 12.6 Å². The highest BCUT2D eigenvalue weighted by Gasteiger charge is 2.21. The van der Waals surface area contributed by atoms with Gasteiger partial charge in [-0.3, -0.25) is 4.79 Å². The number of nitrogens with zero attached hydrogens (tertiary/aromatic N) is 1. The second-order valence-corrected chi connectivity index (χ2v) is 5.61. The van der Waals surface area contributed by atoms with Crippen molar-refractivity contribution >= 4 is 5.91 Å². The number of halogens is 2. The fourth-order valence-electron chi connectivity index (χ4n) is 2.48. The van der Waals surface area contributed by atoms with Crippen LogP contribution in [0, 0.1) is 0 Å². The Kier molecular flexibility index (Phi) is 6.38. The molecule has 2 aromatic rings. The second-order valence-electron chi connectivity index (χ2n) is 5.61. The van der Waals surface area contributed by atoms with Crippen molar-refractivity contribution in [1.82, 2.24) is 4.90 Å². The molecule has 0 bridgehead atoms. The molecule has 5 nitrogen and oxygen atoms in total. The molecule has 26 heavy (non-hydrogen) atoms. The Balaban J connectivity index is 2.20. The highest BCUT2D eigenvalue weighted by molar-refractivity contribution is 5.95. The number of benzene rings is 2. The van der Waals surface area contributed by atoms with Crippen LogP contribution in [0.15, 0.2) is 42.5 Å². The van der Waals surface area contributed by atoms with E-state index in [-0.39, 0.29) is 23.4 Å². The molecule has 0 spiro atoms. The predicted molar refractivity (Wildman–Crippen MR) is 93.1 cm³/mol. The molecule has 0 heterocycles. The summed E-state index contributed by atoms with van der Waals surface area (Å²) in [6.07, 6.45) is 0. The monoisotopic (exact) mass is 365 g/mol. The van der Waals surface area contributed by atoms with Crippen molar-refractivity contribution < 1.29 is 27.8 Å². The lowest BCUT2D eigenvalue weighted by atomic mass is 10.1. The van der Waals surface area contributed by atoms with Crippen LogP contribution in [0.5, 0.6) is 17.2 Å². The molecular weight excluding hydrogens is 344 g/mol. The van der Waals surface area contributed by atoms with Gasteiger partial charge in [0.15, 0.2) is 11.5 Å². The van der Waals surface area contributed by atoms with Crippen LogP contribution in [-0.4, -0.2) is 38.7 Å². The summed E-state index contributed by atoms with van der Waals surface area (Å²) in [4.78, 5) is 14.3. The van der Waals surface area contributed by atoms with E-state index in [2.05, 4.69) is 4.74 Å². The zero-order valence-electron chi connectivity index (χ0n) is 15.0. The molecule has 0 saturated carbocycles. The summed E-state index contributed by atoms with van der Waals surface area (Å²) in [6, 6.07) is 11.3. The van der Waals surface area contributed by atoms with Crippen LogP contribution in [0.4, 0.5) is 8.78 Å². The van der Waals surface area contributed by atoms with Gasteiger partial charge in [0.25, 0.3) is 5.91 Å². The maximum atomic E-state index is 12.7. The lowest BCUT2D eigenvalue weighted by Gasteiger charge is -2.26. The van der Waals surface area contributed by atoms with E-state index in [1.54, 1.807) is 19.1 Å². The van der Waals surface area contributed by atoms with E-state index in [0.717, 1.165) is 11.3 Å². The fraction of sp³-hybridized carbons (Fsp3) is 0.316. The Labute approximate surface area is 151 Å². The number of hydrogen-bond acceptors (Lipinski definition) is 4. The van der Waals surface area contributed by atoms with Crippen LogP contribution in [0.1, 0.15) is 28.9 Å². The molecule has 1 amide bonds. The predicted octanol–water partition coefficient (Wildman–Crippen LogP) is 4.14.